The third kappa shape index (κ3) is 4.17. The standard InChI is InChI=1S/C19H18N2O4/c1-3-23-16-6-7-17-14(10-16)11-18(25-17)19(22)21-20-12-13(2)9-15-5-4-8-24-15/h4-12H,3H2,1-2H3,(H,21,22). The normalized spacial score (nSPS) is 12.0. The number of benzene rings is 1. The molecule has 1 aromatic carbocycles. The van der Waals surface area contributed by atoms with E-state index in [-0.39, 0.29) is 5.76 Å². The van der Waals surface area contributed by atoms with E-state index in [1.54, 1.807) is 30.5 Å². The van der Waals surface area contributed by atoms with Gasteiger partial charge in [0.15, 0.2) is 5.76 Å². The molecule has 0 spiro atoms. The largest absolute Gasteiger partial charge is 0.494 e. The number of hydrogen-bond acceptors (Lipinski definition) is 5. The van der Waals surface area contributed by atoms with Crippen LogP contribution in [0.15, 0.2) is 62.2 Å². The van der Waals surface area contributed by atoms with Crippen LogP contribution in [0.4, 0.5) is 0 Å². The van der Waals surface area contributed by atoms with Crippen molar-refractivity contribution in [1.29, 1.82) is 0 Å². The molecule has 3 aromatic rings. The van der Waals surface area contributed by atoms with Crippen LogP contribution in [0, 0.1) is 0 Å². The minimum atomic E-state index is -0.420. The molecule has 0 bridgehead atoms. The molecule has 0 radical (unpaired) electrons. The Morgan fingerprint density at radius 3 is 2.96 bits per heavy atom. The average Bonchev–Trinajstić information content (AvgIpc) is 3.24. The molecule has 0 fully saturated rings. The van der Waals surface area contributed by atoms with Crippen LogP contribution in [-0.4, -0.2) is 18.7 Å². The lowest BCUT2D eigenvalue weighted by Crippen LogP contribution is -2.16. The summed E-state index contributed by atoms with van der Waals surface area (Å²) in [5.74, 6) is 1.22. The summed E-state index contributed by atoms with van der Waals surface area (Å²) in [6.07, 6.45) is 4.94. The average molecular weight is 338 g/mol. The van der Waals surface area contributed by atoms with Gasteiger partial charge in [0.2, 0.25) is 0 Å². The number of ether oxygens (including phenoxy) is 1. The van der Waals surface area contributed by atoms with E-state index < -0.39 is 5.91 Å². The van der Waals surface area contributed by atoms with E-state index in [1.165, 1.54) is 6.21 Å². The fourth-order valence-corrected chi connectivity index (χ4v) is 2.27. The van der Waals surface area contributed by atoms with Gasteiger partial charge in [-0.25, -0.2) is 5.43 Å². The highest BCUT2D eigenvalue weighted by atomic mass is 16.5. The Hall–Kier alpha value is -3.28. The van der Waals surface area contributed by atoms with E-state index in [0.717, 1.165) is 22.5 Å². The Bertz CT molecular complexity index is 920. The maximum Gasteiger partial charge on any atom is 0.307 e. The van der Waals surface area contributed by atoms with Gasteiger partial charge in [-0.15, -0.1) is 0 Å². The summed E-state index contributed by atoms with van der Waals surface area (Å²) in [5, 5.41) is 4.73. The van der Waals surface area contributed by atoms with Gasteiger partial charge in [-0.2, -0.15) is 5.10 Å². The number of amides is 1. The van der Waals surface area contributed by atoms with Gasteiger partial charge in [0.05, 0.1) is 19.1 Å². The summed E-state index contributed by atoms with van der Waals surface area (Å²) in [6, 6.07) is 10.7. The molecule has 0 unspecified atom stereocenters. The number of nitrogens with zero attached hydrogens (tertiary/aromatic N) is 1. The Labute approximate surface area is 144 Å². The summed E-state index contributed by atoms with van der Waals surface area (Å²) in [5.41, 5.74) is 3.90. The van der Waals surface area contributed by atoms with E-state index in [2.05, 4.69) is 10.5 Å². The van der Waals surface area contributed by atoms with Crippen molar-refractivity contribution in [1.82, 2.24) is 5.43 Å². The molecular weight excluding hydrogens is 320 g/mol. The number of carbonyl (C=O) groups excluding carboxylic acids is 1. The molecule has 128 valence electrons. The first-order valence-corrected chi connectivity index (χ1v) is 7.87. The van der Waals surface area contributed by atoms with E-state index in [9.17, 15) is 4.79 Å². The first-order chi connectivity index (χ1) is 12.2. The Balaban J connectivity index is 1.66. The van der Waals surface area contributed by atoms with Crippen LogP contribution in [0.2, 0.25) is 0 Å². The highest BCUT2D eigenvalue weighted by Gasteiger charge is 2.12. The lowest BCUT2D eigenvalue weighted by atomic mass is 10.2. The molecule has 0 saturated carbocycles. The second-order valence-electron chi connectivity index (χ2n) is 5.35. The van der Waals surface area contributed by atoms with E-state index >= 15 is 0 Å². The van der Waals surface area contributed by atoms with Gasteiger partial charge >= 0.3 is 5.91 Å². The Morgan fingerprint density at radius 1 is 1.32 bits per heavy atom. The molecule has 1 amide bonds. The molecule has 6 heteroatoms. The zero-order valence-corrected chi connectivity index (χ0v) is 14.0. The molecule has 2 heterocycles. The zero-order chi connectivity index (χ0) is 17.6. The van der Waals surface area contributed by atoms with E-state index in [1.807, 2.05) is 32.1 Å². The number of hydrogen-bond donors (Lipinski definition) is 1. The Kier molecular flexibility index (Phi) is 4.99. The van der Waals surface area contributed by atoms with Gasteiger partial charge < -0.3 is 13.6 Å². The highest BCUT2D eigenvalue weighted by molar-refractivity contribution is 5.97. The quantitative estimate of drug-likeness (QED) is 0.538. The SMILES string of the molecule is CCOc1ccc2oc(C(=O)NN=CC(C)=Cc3ccco3)cc2c1. The molecule has 0 aliphatic rings. The fourth-order valence-electron chi connectivity index (χ4n) is 2.27. The summed E-state index contributed by atoms with van der Waals surface area (Å²) in [6.45, 7) is 4.35. The number of allylic oxidation sites excluding steroid dienone is 1. The van der Waals surface area contributed by atoms with Crippen molar-refractivity contribution in [2.24, 2.45) is 5.10 Å². The molecule has 6 nitrogen and oxygen atoms in total. The molecule has 25 heavy (non-hydrogen) atoms. The predicted octanol–water partition coefficient (Wildman–Crippen LogP) is 4.24. The minimum absolute atomic E-state index is 0.188. The minimum Gasteiger partial charge on any atom is -0.494 e. The summed E-state index contributed by atoms with van der Waals surface area (Å²) in [4.78, 5) is 12.1. The summed E-state index contributed by atoms with van der Waals surface area (Å²) in [7, 11) is 0. The molecule has 0 aliphatic heterocycles. The van der Waals surface area contributed by atoms with Gasteiger partial charge in [0, 0.05) is 5.39 Å². The van der Waals surface area contributed by atoms with E-state index in [4.69, 9.17) is 13.6 Å². The molecule has 0 saturated heterocycles. The maximum absolute atomic E-state index is 12.1. The van der Waals surface area contributed by atoms with Crippen molar-refractivity contribution in [3.63, 3.8) is 0 Å². The zero-order valence-electron chi connectivity index (χ0n) is 14.0. The molecule has 3 rings (SSSR count). The van der Waals surface area contributed by atoms with E-state index in [0.29, 0.717) is 12.2 Å². The second kappa shape index (κ2) is 7.53. The summed E-state index contributed by atoms with van der Waals surface area (Å²) >= 11 is 0. The van der Waals surface area contributed by atoms with Gasteiger partial charge in [0.1, 0.15) is 17.1 Å². The first kappa shape index (κ1) is 16.6. The topological polar surface area (TPSA) is 77.0 Å². The van der Waals surface area contributed by atoms with Crippen molar-refractivity contribution < 1.29 is 18.4 Å². The van der Waals surface area contributed by atoms with Gasteiger partial charge in [-0.1, -0.05) is 0 Å². The number of rotatable bonds is 6. The predicted molar refractivity (Wildman–Crippen MR) is 95.7 cm³/mol. The third-order valence-corrected chi connectivity index (χ3v) is 3.37. The lowest BCUT2D eigenvalue weighted by Gasteiger charge is -2.00. The van der Waals surface area contributed by atoms with Crippen LogP contribution >= 0.6 is 0 Å². The number of furan rings is 2. The van der Waals surface area contributed by atoms with Gasteiger partial charge in [0.25, 0.3) is 0 Å². The van der Waals surface area contributed by atoms with Crippen LogP contribution in [0.25, 0.3) is 17.0 Å². The molecule has 0 aliphatic carbocycles. The molecular formula is C19H18N2O4. The van der Waals surface area contributed by atoms with Crippen LogP contribution in [-0.2, 0) is 0 Å². The molecule has 0 atom stereocenters. The fraction of sp³-hybridized carbons (Fsp3) is 0.158. The highest BCUT2D eigenvalue weighted by Crippen LogP contribution is 2.24. The first-order valence-electron chi connectivity index (χ1n) is 7.87. The molecule has 1 N–H and O–H groups in total. The van der Waals surface area contributed by atoms with Gasteiger partial charge in [-0.05, 0) is 61.9 Å². The van der Waals surface area contributed by atoms with Crippen molar-refractivity contribution in [2.45, 2.75) is 13.8 Å². The van der Waals surface area contributed by atoms with Crippen molar-refractivity contribution in [3.8, 4) is 5.75 Å². The van der Waals surface area contributed by atoms with Crippen LogP contribution in [0.1, 0.15) is 30.2 Å². The van der Waals surface area contributed by atoms with Crippen LogP contribution in [0.3, 0.4) is 0 Å². The van der Waals surface area contributed by atoms with Gasteiger partial charge in [-0.3, -0.25) is 4.79 Å². The number of carbonyl (C=O) groups is 1. The van der Waals surface area contributed by atoms with Crippen molar-refractivity contribution >= 4 is 29.2 Å². The number of nitrogens with one attached hydrogen (secondary N) is 1. The number of hydrazone groups is 1. The van der Waals surface area contributed by atoms with Crippen molar-refractivity contribution in [2.75, 3.05) is 6.61 Å². The lowest BCUT2D eigenvalue weighted by molar-refractivity contribution is 0.0929. The monoisotopic (exact) mass is 338 g/mol. The van der Waals surface area contributed by atoms with Crippen LogP contribution in [0.5, 0.6) is 5.75 Å². The third-order valence-electron chi connectivity index (χ3n) is 3.37. The second-order valence-corrected chi connectivity index (χ2v) is 5.35. The maximum atomic E-state index is 12.1. The summed E-state index contributed by atoms with van der Waals surface area (Å²) < 4.78 is 16.2. The molecule has 2 aromatic heterocycles. The Morgan fingerprint density at radius 2 is 2.20 bits per heavy atom. The van der Waals surface area contributed by atoms with Crippen LogP contribution < -0.4 is 10.2 Å². The number of fused-ring (bicyclic) bond motifs is 1. The van der Waals surface area contributed by atoms with Crippen molar-refractivity contribution in [3.05, 3.63) is 59.8 Å². The smallest absolute Gasteiger partial charge is 0.307 e.